The number of esters is 1. The van der Waals surface area contributed by atoms with Gasteiger partial charge in [0.2, 0.25) is 0 Å². The van der Waals surface area contributed by atoms with Gasteiger partial charge in [0, 0.05) is 11.8 Å². The highest BCUT2D eigenvalue weighted by Gasteiger charge is 2.16. The van der Waals surface area contributed by atoms with E-state index in [4.69, 9.17) is 4.74 Å². The third-order valence-corrected chi connectivity index (χ3v) is 3.60. The number of carbonyl (C=O) groups is 2. The zero-order valence-corrected chi connectivity index (χ0v) is 13.2. The van der Waals surface area contributed by atoms with Crippen LogP contribution in [0, 0.1) is 6.92 Å². The molecule has 0 saturated carbocycles. The van der Waals surface area contributed by atoms with E-state index in [2.05, 4.69) is 5.32 Å². The van der Waals surface area contributed by atoms with Crippen LogP contribution in [0.2, 0.25) is 0 Å². The van der Waals surface area contributed by atoms with Crippen molar-refractivity contribution in [3.63, 3.8) is 0 Å². The van der Waals surface area contributed by atoms with Crippen molar-refractivity contribution in [2.45, 2.75) is 20.0 Å². The minimum atomic E-state index is -0.861. The molecule has 4 nitrogen and oxygen atoms in total. The zero-order chi connectivity index (χ0) is 15.9. The summed E-state index contributed by atoms with van der Waals surface area (Å²) in [6.45, 7) is 3.48. The van der Waals surface area contributed by atoms with Crippen LogP contribution in [0.1, 0.15) is 18.1 Å². The monoisotopic (exact) mass is 315 g/mol. The number of anilines is 1. The van der Waals surface area contributed by atoms with E-state index in [1.165, 1.54) is 6.08 Å². The van der Waals surface area contributed by atoms with Crippen LogP contribution in [0.25, 0.3) is 6.08 Å². The van der Waals surface area contributed by atoms with Crippen molar-refractivity contribution in [2.24, 2.45) is 0 Å². The van der Waals surface area contributed by atoms with Crippen LogP contribution in [0.5, 0.6) is 0 Å². The largest absolute Gasteiger partial charge is 0.449 e. The normalized spacial score (nSPS) is 12.1. The number of aryl methyl sites for hydroxylation is 1. The van der Waals surface area contributed by atoms with E-state index < -0.39 is 12.1 Å². The number of rotatable bonds is 5. The molecule has 0 aliphatic rings. The van der Waals surface area contributed by atoms with Crippen LogP contribution in [0.4, 0.5) is 5.69 Å². The van der Waals surface area contributed by atoms with Gasteiger partial charge in [0.05, 0.1) is 0 Å². The van der Waals surface area contributed by atoms with Gasteiger partial charge < -0.3 is 10.1 Å². The molecule has 1 unspecified atom stereocenters. The number of amides is 1. The fourth-order valence-corrected chi connectivity index (χ4v) is 2.40. The fraction of sp³-hybridized carbons (Fsp3) is 0.176. The Morgan fingerprint density at radius 1 is 1.32 bits per heavy atom. The molecule has 114 valence electrons. The second-order valence-electron chi connectivity index (χ2n) is 4.83. The summed E-state index contributed by atoms with van der Waals surface area (Å²) in [6, 6.07) is 9.32. The molecule has 1 aromatic heterocycles. The molecular formula is C17H17NO3S. The van der Waals surface area contributed by atoms with E-state index in [9.17, 15) is 9.59 Å². The van der Waals surface area contributed by atoms with Crippen LogP contribution in [-0.4, -0.2) is 18.0 Å². The van der Waals surface area contributed by atoms with E-state index in [1.54, 1.807) is 30.4 Å². The molecule has 1 amide bonds. The lowest BCUT2D eigenvalue weighted by Gasteiger charge is -2.12. The summed E-state index contributed by atoms with van der Waals surface area (Å²) in [5.41, 5.74) is 2.65. The van der Waals surface area contributed by atoms with Crippen LogP contribution in [-0.2, 0) is 14.3 Å². The third-order valence-electron chi connectivity index (χ3n) is 2.90. The van der Waals surface area contributed by atoms with E-state index in [1.807, 2.05) is 41.9 Å². The Morgan fingerprint density at radius 2 is 2.14 bits per heavy atom. The van der Waals surface area contributed by atoms with Crippen molar-refractivity contribution in [1.82, 2.24) is 0 Å². The van der Waals surface area contributed by atoms with Crippen LogP contribution >= 0.6 is 11.3 Å². The Balaban J connectivity index is 1.87. The first-order valence-electron chi connectivity index (χ1n) is 6.83. The molecule has 0 aliphatic heterocycles. The number of thiophene rings is 1. The average Bonchev–Trinajstić information content (AvgIpc) is 2.98. The summed E-state index contributed by atoms with van der Waals surface area (Å²) in [4.78, 5) is 23.7. The standard InChI is InChI=1S/C17H17NO3S/c1-12-4-3-5-15(10-12)18-17(20)13(2)21-16(19)7-6-14-8-9-22-11-14/h3-11,13H,1-2H3,(H,18,20)/b7-6+. The fourth-order valence-electron chi connectivity index (χ4n) is 1.77. The van der Waals surface area contributed by atoms with E-state index >= 15 is 0 Å². The highest BCUT2D eigenvalue weighted by atomic mass is 32.1. The van der Waals surface area contributed by atoms with Gasteiger partial charge in [-0.2, -0.15) is 11.3 Å². The predicted octanol–water partition coefficient (Wildman–Crippen LogP) is 3.64. The molecule has 0 spiro atoms. The van der Waals surface area contributed by atoms with Crippen LogP contribution in [0.3, 0.4) is 0 Å². The van der Waals surface area contributed by atoms with Gasteiger partial charge in [-0.3, -0.25) is 4.79 Å². The molecule has 1 N–H and O–H groups in total. The first-order chi connectivity index (χ1) is 10.5. The van der Waals surface area contributed by atoms with Crippen molar-refractivity contribution < 1.29 is 14.3 Å². The number of hydrogen-bond donors (Lipinski definition) is 1. The van der Waals surface area contributed by atoms with Gasteiger partial charge >= 0.3 is 5.97 Å². The van der Waals surface area contributed by atoms with Crippen molar-refractivity contribution in [1.29, 1.82) is 0 Å². The van der Waals surface area contributed by atoms with Crippen LogP contribution in [0.15, 0.2) is 47.2 Å². The summed E-state index contributed by atoms with van der Waals surface area (Å²) in [5.74, 6) is -0.902. The van der Waals surface area contributed by atoms with Gasteiger partial charge in [0.25, 0.3) is 5.91 Å². The van der Waals surface area contributed by atoms with Crippen LogP contribution < -0.4 is 5.32 Å². The maximum atomic E-state index is 12.0. The molecule has 22 heavy (non-hydrogen) atoms. The Labute approximate surface area is 133 Å². The van der Waals surface area contributed by atoms with Gasteiger partial charge in [-0.15, -0.1) is 0 Å². The van der Waals surface area contributed by atoms with Gasteiger partial charge in [-0.1, -0.05) is 12.1 Å². The quantitative estimate of drug-likeness (QED) is 0.677. The lowest BCUT2D eigenvalue weighted by Crippen LogP contribution is -2.29. The topological polar surface area (TPSA) is 55.4 Å². The molecule has 0 bridgehead atoms. The lowest BCUT2D eigenvalue weighted by atomic mass is 10.2. The first kappa shape index (κ1) is 16.0. The molecule has 2 aromatic rings. The Kier molecular flexibility index (Phi) is 5.49. The SMILES string of the molecule is Cc1cccc(NC(=O)C(C)OC(=O)/C=C/c2ccsc2)c1. The van der Waals surface area contributed by atoms with Crippen molar-refractivity contribution >= 4 is 35.0 Å². The van der Waals surface area contributed by atoms with Gasteiger partial charge in [-0.25, -0.2) is 4.79 Å². The molecule has 0 saturated heterocycles. The smallest absolute Gasteiger partial charge is 0.331 e. The van der Waals surface area contributed by atoms with Crippen molar-refractivity contribution in [2.75, 3.05) is 5.32 Å². The maximum absolute atomic E-state index is 12.0. The number of hydrogen-bond acceptors (Lipinski definition) is 4. The summed E-state index contributed by atoms with van der Waals surface area (Å²) in [6.07, 6.45) is 2.11. The minimum absolute atomic E-state index is 0.358. The average molecular weight is 315 g/mol. The molecular weight excluding hydrogens is 298 g/mol. The second-order valence-corrected chi connectivity index (χ2v) is 5.61. The summed E-state index contributed by atoms with van der Waals surface area (Å²) < 4.78 is 5.08. The summed E-state index contributed by atoms with van der Waals surface area (Å²) in [7, 11) is 0. The van der Waals surface area contributed by atoms with Crippen molar-refractivity contribution in [3.8, 4) is 0 Å². The number of carbonyl (C=O) groups excluding carboxylic acids is 2. The number of benzene rings is 1. The van der Waals surface area contributed by atoms with Gasteiger partial charge in [0.1, 0.15) is 0 Å². The highest BCUT2D eigenvalue weighted by molar-refractivity contribution is 7.08. The van der Waals surface area contributed by atoms with Crippen molar-refractivity contribution in [3.05, 3.63) is 58.3 Å². The second kappa shape index (κ2) is 7.56. The predicted molar refractivity (Wildman–Crippen MR) is 88.7 cm³/mol. The zero-order valence-electron chi connectivity index (χ0n) is 12.4. The highest BCUT2D eigenvalue weighted by Crippen LogP contribution is 2.11. The van der Waals surface area contributed by atoms with E-state index in [0.717, 1.165) is 11.1 Å². The maximum Gasteiger partial charge on any atom is 0.331 e. The molecule has 1 atom stereocenters. The molecule has 5 heteroatoms. The molecule has 0 aliphatic carbocycles. The molecule has 0 fully saturated rings. The molecule has 1 heterocycles. The minimum Gasteiger partial charge on any atom is -0.449 e. The molecule has 1 aromatic carbocycles. The molecule has 0 radical (unpaired) electrons. The number of nitrogens with one attached hydrogen (secondary N) is 1. The van der Waals surface area contributed by atoms with Gasteiger partial charge in [0.15, 0.2) is 6.10 Å². The van der Waals surface area contributed by atoms with Gasteiger partial charge in [-0.05, 0) is 60.0 Å². The Hall–Kier alpha value is -2.40. The van der Waals surface area contributed by atoms with E-state index in [-0.39, 0.29) is 5.91 Å². The summed E-state index contributed by atoms with van der Waals surface area (Å²) >= 11 is 1.54. The number of ether oxygens (including phenoxy) is 1. The first-order valence-corrected chi connectivity index (χ1v) is 7.77. The van der Waals surface area contributed by atoms with E-state index in [0.29, 0.717) is 5.69 Å². The lowest BCUT2D eigenvalue weighted by molar-refractivity contribution is -0.148. The summed E-state index contributed by atoms with van der Waals surface area (Å²) in [5, 5.41) is 6.55. The third kappa shape index (κ3) is 4.86. The Bertz CT molecular complexity index is 677. The molecule has 2 rings (SSSR count). The Morgan fingerprint density at radius 3 is 2.82 bits per heavy atom.